The second kappa shape index (κ2) is 6.07. The summed E-state index contributed by atoms with van der Waals surface area (Å²) >= 11 is 7.44. The first-order chi connectivity index (χ1) is 8.62. The van der Waals surface area contributed by atoms with Crippen LogP contribution in [-0.2, 0) is 11.2 Å². The highest BCUT2D eigenvalue weighted by molar-refractivity contribution is 7.16. The highest BCUT2D eigenvalue weighted by Crippen LogP contribution is 2.39. The Labute approximate surface area is 117 Å². The molecule has 0 aromatic carbocycles. The Kier molecular flexibility index (Phi) is 4.68. The number of carboxylic acid groups (broad SMARTS) is 1. The van der Waals surface area contributed by atoms with E-state index in [1.807, 2.05) is 12.1 Å². The standard InChI is InChI=1S/C14H19ClO2S/c15-12-7-6-11(18-12)10-14(13(16)17)8-4-2-1-3-5-9-14/h6-7H,1-5,8-10H2,(H,16,17). The molecular weight excluding hydrogens is 268 g/mol. The van der Waals surface area contributed by atoms with Gasteiger partial charge >= 0.3 is 5.97 Å². The lowest BCUT2D eigenvalue weighted by atomic mass is 9.73. The minimum atomic E-state index is -0.631. The number of carbonyl (C=O) groups is 1. The molecule has 100 valence electrons. The smallest absolute Gasteiger partial charge is 0.309 e. The van der Waals surface area contributed by atoms with Gasteiger partial charge in [0.25, 0.3) is 0 Å². The summed E-state index contributed by atoms with van der Waals surface area (Å²) < 4.78 is 0.747. The molecule has 1 N–H and O–H groups in total. The molecular formula is C14H19ClO2S. The highest BCUT2D eigenvalue weighted by Gasteiger charge is 2.38. The van der Waals surface area contributed by atoms with E-state index in [4.69, 9.17) is 11.6 Å². The molecule has 1 fully saturated rings. The van der Waals surface area contributed by atoms with Crippen LogP contribution in [0.25, 0.3) is 0 Å². The Morgan fingerprint density at radius 3 is 2.33 bits per heavy atom. The second-order valence-corrected chi connectivity index (χ2v) is 7.04. The number of carboxylic acids is 1. The third-order valence-corrected chi connectivity index (χ3v) is 5.14. The van der Waals surface area contributed by atoms with Crippen molar-refractivity contribution in [3.63, 3.8) is 0 Å². The largest absolute Gasteiger partial charge is 0.481 e. The van der Waals surface area contributed by atoms with Gasteiger partial charge in [-0.15, -0.1) is 11.3 Å². The third-order valence-electron chi connectivity index (χ3n) is 3.91. The predicted octanol–water partition coefficient (Wildman–Crippen LogP) is 4.76. The first-order valence-corrected chi connectivity index (χ1v) is 7.79. The van der Waals surface area contributed by atoms with Crippen LogP contribution in [0.5, 0.6) is 0 Å². The molecule has 0 radical (unpaired) electrons. The van der Waals surface area contributed by atoms with Gasteiger partial charge in [0.15, 0.2) is 0 Å². The van der Waals surface area contributed by atoms with E-state index in [2.05, 4.69) is 0 Å². The highest BCUT2D eigenvalue weighted by atomic mass is 35.5. The van der Waals surface area contributed by atoms with Gasteiger partial charge in [0.2, 0.25) is 0 Å². The zero-order valence-corrected chi connectivity index (χ0v) is 12.0. The van der Waals surface area contributed by atoms with Crippen molar-refractivity contribution in [2.45, 2.75) is 51.4 Å². The van der Waals surface area contributed by atoms with Gasteiger partial charge in [0.1, 0.15) is 0 Å². The summed E-state index contributed by atoms with van der Waals surface area (Å²) in [5, 5.41) is 9.65. The molecule has 1 aliphatic rings. The molecule has 0 atom stereocenters. The Morgan fingerprint density at radius 2 is 1.83 bits per heavy atom. The molecule has 0 amide bonds. The molecule has 1 aliphatic carbocycles. The lowest BCUT2D eigenvalue weighted by molar-refractivity contribution is -0.150. The van der Waals surface area contributed by atoms with E-state index in [0.717, 1.165) is 34.9 Å². The molecule has 1 aromatic rings. The fourth-order valence-electron chi connectivity index (χ4n) is 2.83. The van der Waals surface area contributed by atoms with Crippen molar-refractivity contribution in [2.24, 2.45) is 5.41 Å². The molecule has 18 heavy (non-hydrogen) atoms. The van der Waals surface area contributed by atoms with E-state index in [-0.39, 0.29) is 0 Å². The minimum absolute atomic E-state index is 0.561. The molecule has 1 aromatic heterocycles. The topological polar surface area (TPSA) is 37.3 Å². The SMILES string of the molecule is O=C(O)C1(Cc2ccc(Cl)s2)CCCCCCC1. The predicted molar refractivity (Wildman–Crippen MR) is 75.4 cm³/mol. The lowest BCUT2D eigenvalue weighted by Crippen LogP contribution is -2.34. The summed E-state index contributed by atoms with van der Waals surface area (Å²) in [5.41, 5.74) is -0.561. The Hall–Kier alpha value is -0.540. The molecule has 1 saturated carbocycles. The molecule has 2 nitrogen and oxygen atoms in total. The Morgan fingerprint density at radius 1 is 1.22 bits per heavy atom. The van der Waals surface area contributed by atoms with E-state index in [0.29, 0.717) is 6.42 Å². The molecule has 0 aliphatic heterocycles. The van der Waals surface area contributed by atoms with Gasteiger partial charge in [-0.25, -0.2) is 0 Å². The number of halogens is 1. The van der Waals surface area contributed by atoms with Gasteiger partial charge in [0, 0.05) is 4.88 Å². The monoisotopic (exact) mass is 286 g/mol. The third kappa shape index (κ3) is 3.27. The minimum Gasteiger partial charge on any atom is -0.481 e. The lowest BCUT2D eigenvalue weighted by Gasteiger charge is -2.30. The van der Waals surface area contributed by atoms with Crippen LogP contribution in [0.1, 0.15) is 49.8 Å². The van der Waals surface area contributed by atoms with E-state index >= 15 is 0 Å². The summed E-state index contributed by atoms with van der Waals surface area (Å²) in [6, 6.07) is 3.83. The van der Waals surface area contributed by atoms with Crippen LogP contribution in [0, 0.1) is 5.41 Å². The zero-order valence-electron chi connectivity index (χ0n) is 10.5. The van der Waals surface area contributed by atoms with E-state index in [1.54, 1.807) is 0 Å². The number of aliphatic carboxylic acids is 1. The first kappa shape index (κ1) is 13.9. The van der Waals surface area contributed by atoms with Crippen molar-refractivity contribution >= 4 is 28.9 Å². The fourth-order valence-corrected chi connectivity index (χ4v) is 4.06. The Bertz CT molecular complexity index is 406. The number of rotatable bonds is 3. The number of hydrogen-bond acceptors (Lipinski definition) is 2. The fraction of sp³-hybridized carbons (Fsp3) is 0.643. The summed E-state index contributed by atoms with van der Waals surface area (Å²) in [6.07, 6.45) is 7.90. The summed E-state index contributed by atoms with van der Waals surface area (Å²) in [6.45, 7) is 0. The summed E-state index contributed by atoms with van der Waals surface area (Å²) in [7, 11) is 0. The van der Waals surface area contributed by atoms with E-state index in [1.165, 1.54) is 30.6 Å². The van der Waals surface area contributed by atoms with E-state index in [9.17, 15) is 9.90 Å². The van der Waals surface area contributed by atoms with Crippen LogP contribution < -0.4 is 0 Å². The maximum Gasteiger partial charge on any atom is 0.309 e. The quantitative estimate of drug-likeness (QED) is 0.870. The van der Waals surface area contributed by atoms with Crippen molar-refractivity contribution < 1.29 is 9.90 Å². The van der Waals surface area contributed by atoms with Crippen molar-refractivity contribution in [2.75, 3.05) is 0 Å². The second-order valence-electron chi connectivity index (χ2n) is 5.24. The molecule has 0 bridgehead atoms. The van der Waals surface area contributed by atoms with Crippen LogP contribution in [0.4, 0.5) is 0 Å². The van der Waals surface area contributed by atoms with Gasteiger partial charge in [-0.05, 0) is 31.4 Å². The zero-order chi connectivity index (χ0) is 13.0. The average Bonchev–Trinajstić information content (AvgIpc) is 2.67. The van der Waals surface area contributed by atoms with Crippen molar-refractivity contribution in [1.82, 2.24) is 0 Å². The normalized spacial score (nSPS) is 20.1. The van der Waals surface area contributed by atoms with Crippen molar-refractivity contribution in [3.8, 4) is 0 Å². The number of thiophene rings is 1. The molecule has 1 heterocycles. The van der Waals surface area contributed by atoms with Crippen LogP contribution in [0.15, 0.2) is 12.1 Å². The summed E-state index contributed by atoms with van der Waals surface area (Å²) in [4.78, 5) is 12.8. The maximum absolute atomic E-state index is 11.7. The van der Waals surface area contributed by atoms with Gasteiger partial charge in [-0.3, -0.25) is 4.79 Å². The van der Waals surface area contributed by atoms with Gasteiger partial charge in [0.05, 0.1) is 9.75 Å². The molecule has 0 unspecified atom stereocenters. The van der Waals surface area contributed by atoms with Crippen molar-refractivity contribution in [1.29, 1.82) is 0 Å². The van der Waals surface area contributed by atoms with Crippen LogP contribution in [-0.4, -0.2) is 11.1 Å². The van der Waals surface area contributed by atoms with Crippen molar-refractivity contribution in [3.05, 3.63) is 21.3 Å². The van der Waals surface area contributed by atoms with Gasteiger partial charge < -0.3 is 5.11 Å². The molecule has 0 spiro atoms. The number of hydrogen-bond donors (Lipinski definition) is 1. The summed E-state index contributed by atoms with van der Waals surface area (Å²) in [5.74, 6) is -0.631. The molecule has 4 heteroatoms. The van der Waals surface area contributed by atoms with Crippen LogP contribution in [0.2, 0.25) is 4.34 Å². The van der Waals surface area contributed by atoms with Crippen LogP contribution in [0.3, 0.4) is 0 Å². The van der Waals surface area contributed by atoms with Gasteiger partial charge in [-0.1, -0.05) is 43.7 Å². The van der Waals surface area contributed by atoms with Crippen LogP contribution >= 0.6 is 22.9 Å². The maximum atomic E-state index is 11.7. The van der Waals surface area contributed by atoms with E-state index < -0.39 is 11.4 Å². The average molecular weight is 287 g/mol. The Balaban J connectivity index is 2.16. The van der Waals surface area contributed by atoms with Gasteiger partial charge in [-0.2, -0.15) is 0 Å². The molecule has 0 saturated heterocycles. The first-order valence-electron chi connectivity index (χ1n) is 6.60. The molecule has 2 rings (SSSR count).